The van der Waals surface area contributed by atoms with Gasteiger partial charge < -0.3 is 45.1 Å². The molecule has 5 aromatic carbocycles. The summed E-state index contributed by atoms with van der Waals surface area (Å²) in [5, 5.41) is 39.9. The molecule has 63 heavy (non-hydrogen) atoms. The Balaban J connectivity index is 0.881. The number of aliphatic hydroxyl groups excluding tert-OH is 1. The van der Waals surface area contributed by atoms with E-state index in [1.807, 2.05) is 12.1 Å². The van der Waals surface area contributed by atoms with Gasteiger partial charge in [0.1, 0.15) is 17.2 Å². The first-order valence-corrected chi connectivity index (χ1v) is 21.3. The summed E-state index contributed by atoms with van der Waals surface area (Å²) in [5.41, 5.74) is 1.60. The minimum atomic E-state index is -2.05. The van der Waals surface area contributed by atoms with E-state index in [0.29, 0.717) is 58.6 Å². The van der Waals surface area contributed by atoms with Crippen LogP contribution in [0.5, 0.6) is 17.2 Å². The van der Waals surface area contributed by atoms with Crippen LogP contribution in [0.1, 0.15) is 63.5 Å². The van der Waals surface area contributed by atoms with Gasteiger partial charge >= 0.3 is 5.97 Å². The van der Waals surface area contributed by atoms with E-state index in [0.717, 1.165) is 38.0 Å². The van der Waals surface area contributed by atoms with Crippen LogP contribution in [-0.4, -0.2) is 83.6 Å². The number of hydrogen-bond acceptors (Lipinski definition) is 11. The second-order valence-corrected chi connectivity index (χ2v) is 15.8. The first kappa shape index (κ1) is 44.5. The molecule has 2 heterocycles. The van der Waals surface area contributed by atoms with E-state index >= 15 is 0 Å². The maximum absolute atomic E-state index is 13.8. The zero-order chi connectivity index (χ0) is 44.2. The Labute approximate surface area is 366 Å². The van der Waals surface area contributed by atoms with Gasteiger partial charge in [0.25, 0.3) is 5.91 Å². The number of likely N-dealkylation sites (tertiary alicyclic amines) is 1. The molecule has 7 rings (SSSR count). The molecule has 0 bridgehead atoms. The number of aromatic amines is 1. The fourth-order valence-electron chi connectivity index (χ4n) is 7.95. The van der Waals surface area contributed by atoms with Crippen LogP contribution >= 0.6 is 0 Å². The molecule has 0 spiro atoms. The largest absolute Gasteiger partial charge is 0.506 e. The summed E-state index contributed by atoms with van der Waals surface area (Å²) in [6.07, 6.45) is 1.35. The maximum Gasteiger partial charge on any atom is 0.347 e. The number of rotatable bonds is 19. The van der Waals surface area contributed by atoms with Gasteiger partial charge in [0.2, 0.25) is 11.2 Å². The number of benzene rings is 5. The molecule has 1 saturated heterocycles. The van der Waals surface area contributed by atoms with Crippen molar-refractivity contribution in [2.45, 2.75) is 44.1 Å². The zero-order valence-corrected chi connectivity index (χ0v) is 35.3. The predicted octanol–water partition coefficient (Wildman–Crippen LogP) is 5.96. The Morgan fingerprint density at radius 2 is 1.62 bits per heavy atom. The number of carbonyl (C=O) groups excluding carboxylic acids is 2. The number of amides is 1. The Morgan fingerprint density at radius 1 is 0.873 bits per heavy atom. The number of H-pyrrole nitrogens is 1. The van der Waals surface area contributed by atoms with Crippen LogP contribution in [0.2, 0.25) is 0 Å². The SMILES string of the molecule is COc1cc(CNC[C@H](O)c2ccc(O)c3[nH]c(=O)ccc23)ccc1C(=O)NCCCOc1cccc([C@](O)(C(=O)OCC2CCN(Cc3ccccc3)CC2)c2ccccc2)c1. The third kappa shape index (κ3) is 11.1. The van der Waals surface area contributed by atoms with Crippen molar-refractivity contribution in [3.05, 3.63) is 171 Å². The van der Waals surface area contributed by atoms with E-state index in [-0.39, 0.29) is 48.4 Å². The molecule has 1 amide bonds. The monoisotopic (exact) mass is 854 g/mol. The summed E-state index contributed by atoms with van der Waals surface area (Å²) < 4.78 is 17.5. The average Bonchev–Trinajstić information content (AvgIpc) is 3.31. The lowest BCUT2D eigenvalue weighted by atomic mass is 9.86. The van der Waals surface area contributed by atoms with Crippen LogP contribution in [0.4, 0.5) is 0 Å². The fourth-order valence-corrected chi connectivity index (χ4v) is 7.95. The van der Waals surface area contributed by atoms with Gasteiger partial charge in [0.15, 0.2) is 0 Å². The van der Waals surface area contributed by atoms with Crippen molar-refractivity contribution in [1.82, 2.24) is 20.5 Å². The molecule has 2 atom stereocenters. The summed E-state index contributed by atoms with van der Waals surface area (Å²) in [4.78, 5) is 43.8. The van der Waals surface area contributed by atoms with E-state index in [1.165, 1.54) is 24.8 Å². The number of carbonyl (C=O) groups is 2. The van der Waals surface area contributed by atoms with Gasteiger partial charge in [0, 0.05) is 43.2 Å². The number of phenols is 1. The van der Waals surface area contributed by atoms with Gasteiger partial charge in [-0.2, -0.15) is 0 Å². The molecule has 0 saturated carbocycles. The summed E-state index contributed by atoms with van der Waals surface area (Å²) in [6.45, 7) is 4.07. The number of phenolic OH excluding ortho intramolecular Hbond substituents is 1. The maximum atomic E-state index is 13.8. The number of ether oxygens (including phenoxy) is 3. The molecule has 1 fully saturated rings. The number of hydrogen-bond donors (Lipinski definition) is 6. The van der Waals surface area contributed by atoms with Crippen molar-refractivity contribution in [2.75, 3.05) is 46.5 Å². The lowest BCUT2D eigenvalue weighted by molar-refractivity contribution is -0.164. The second-order valence-electron chi connectivity index (χ2n) is 15.8. The first-order valence-electron chi connectivity index (χ1n) is 21.3. The van der Waals surface area contributed by atoms with Crippen molar-refractivity contribution in [3.63, 3.8) is 0 Å². The molecular weight excluding hydrogens is 801 g/mol. The smallest absolute Gasteiger partial charge is 0.347 e. The van der Waals surface area contributed by atoms with Crippen LogP contribution in [0, 0.1) is 5.92 Å². The molecule has 1 aliphatic rings. The topological polar surface area (TPSA) is 183 Å². The third-order valence-electron chi connectivity index (χ3n) is 11.5. The number of piperidine rings is 1. The summed E-state index contributed by atoms with van der Waals surface area (Å²) in [7, 11) is 1.49. The molecule has 0 radical (unpaired) electrons. The standard InChI is InChI=1S/C50H54N4O9/c1-61-45-28-36(30-51-31-44(56)40-18-20-43(55)47-41(40)19-21-46(57)53-47)16-17-42(45)48(58)52-24-9-27-62-39-15-8-14-38(29-39)50(60,37-12-6-3-7-13-37)49(59)63-33-35-22-25-54(26-23-35)32-34-10-4-2-5-11-34/h2-8,10-21,28-29,35,44,51,55-56,60H,9,22-27,30-33H2,1H3,(H,52,58)(H,53,57)/t44-,50-/m0/s1. The fraction of sp³-hybridized carbons (Fsp3) is 0.300. The molecule has 6 N–H and O–H groups in total. The first-order chi connectivity index (χ1) is 30.6. The van der Waals surface area contributed by atoms with E-state index < -0.39 is 17.7 Å². The molecule has 328 valence electrons. The summed E-state index contributed by atoms with van der Waals surface area (Å²) in [5.74, 6) is -0.0865. The minimum Gasteiger partial charge on any atom is -0.506 e. The highest BCUT2D eigenvalue weighted by Crippen LogP contribution is 2.34. The number of pyridine rings is 1. The molecule has 1 aromatic heterocycles. The van der Waals surface area contributed by atoms with E-state index in [1.54, 1.807) is 78.9 Å². The van der Waals surface area contributed by atoms with Crippen molar-refractivity contribution in [3.8, 4) is 17.2 Å². The number of aromatic hydroxyl groups is 1. The highest BCUT2D eigenvalue weighted by molar-refractivity contribution is 5.97. The van der Waals surface area contributed by atoms with Gasteiger partial charge in [-0.25, -0.2) is 4.79 Å². The van der Waals surface area contributed by atoms with Crippen molar-refractivity contribution in [1.29, 1.82) is 0 Å². The molecule has 0 aliphatic carbocycles. The van der Waals surface area contributed by atoms with Crippen LogP contribution in [0.25, 0.3) is 10.9 Å². The predicted molar refractivity (Wildman–Crippen MR) is 240 cm³/mol. The molecule has 13 nitrogen and oxygen atoms in total. The van der Waals surface area contributed by atoms with Crippen molar-refractivity contribution >= 4 is 22.8 Å². The number of methoxy groups -OCH3 is 1. The molecule has 13 heteroatoms. The number of esters is 1. The van der Waals surface area contributed by atoms with Gasteiger partial charge in [-0.05, 0) is 96.9 Å². The summed E-state index contributed by atoms with van der Waals surface area (Å²) in [6, 6.07) is 37.2. The Morgan fingerprint density at radius 3 is 2.38 bits per heavy atom. The number of nitrogens with one attached hydrogen (secondary N) is 3. The number of aliphatic hydroxyl groups is 2. The quantitative estimate of drug-likeness (QED) is 0.0418. The molecule has 6 aromatic rings. The third-order valence-corrected chi connectivity index (χ3v) is 11.5. The highest BCUT2D eigenvalue weighted by Gasteiger charge is 2.42. The van der Waals surface area contributed by atoms with E-state index in [2.05, 4.69) is 44.8 Å². The lowest BCUT2D eigenvalue weighted by Crippen LogP contribution is -2.40. The van der Waals surface area contributed by atoms with Crippen LogP contribution in [0.15, 0.2) is 132 Å². The van der Waals surface area contributed by atoms with Crippen molar-refractivity contribution < 1.29 is 39.1 Å². The summed E-state index contributed by atoms with van der Waals surface area (Å²) >= 11 is 0. The normalized spacial score (nSPS) is 14.7. The van der Waals surface area contributed by atoms with Gasteiger partial charge in [-0.15, -0.1) is 0 Å². The number of nitrogens with zero attached hydrogens (tertiary/aromatic N) is 1. The molecular formula is C50H54N4O9. The van der Waals surface area contributed by atoms with Crippen LogP contribution in [-0.2, 0) is 28.2 Å². The lowest BCUT2D eigenvalue weighted by Gasteiger charge is -2.33. The Hall–Kier alpha value is -6.51. The average molecular weight is 855 g/mol. The van der Waals surface area contributed by atoms with Gasteiger partial charge in [-0.3, -0.25) is 14.5 Å². The van der Waals surface area contributed by atoms with Gasteiger partial charge in [0.05, 0.1) is 37.5 Å². The van der Waals surface area contributed by atoms with E-state index in [4.69, 9.17) is 14.2 Å². The Kier molecular flexibility index (Phi) is 14.9. The van der Waals surface area contributed by atoms with Crippen LogP contribution < -0.4 is 25.7 Å². The Bertz CT molecular complexity index is 2530. The molecule has 0 unspecified atom stereocenters. The number of aromatic nitrogens is 1. The second kappa shape index (κ2) is 21.0. The number of fused-ring (bicyclic) bond motifs is 1. The van der Waals surface area contributed by atoms with Crippen molar-refractivity contribution in [2.24, 2.45) is 5.92 Å². The highest BCUT2D eigenvalue weighted by atomic mass is 16.6. The van der Waals surface area contributed by atoms with Crippen LogP contribution in [0.3, 0.4) is 0 Å². The minimum absolute atomic E-state index is 0.0789. The zero-order valence-electron chi connectivity index (χ0n) is 35.3. The molecule has 1 aliphatic heterocycles. The van der Waals surface area contributed by atoms with Gasteiger partial charge in [-0.1, -0.05) is 84.9 Å². The van der Waals surface area contributed by atoms with E-state index in [9.17, 15) is 29.7 Å².